The zero-order valence-corrected chi connectivity index (χ0v) is 9.24. The molecule has 1 radical (unpaired) electrons. The summed E-state index contributed by atoms with van der Waals surface area (Å²) < 4.78 is 9.31. The van der Waals surface area contributed by atoms with Crippen LogP contribution in [0, 0.1) is 6.92 Å². The zero-order valence-electron chi connectivity index (χ0n) is 9.24. The van der Waals surface area contributed by atoms with Crippen LogP contribution in [-0.4, -0.2) is 18.7 Å². The number of hydrogen-bond donors (Lipinski definition) is 0. The fourth-order valence-corrected chi connectivity index (χ4v) is 1.11. The minimum Gasteiger partial charge on any atom is -0.427 e. The Morgan fingerprint density at radius 1 is 1.35 bits per heavy atom. The lowest BCUT2D eigenvalue weighted by Gasteiger charge is -2.11. The molecule has 1 rings (SSSR count). The van der Waals surface area contributed by atoms with E-state index >= 15 is 0 Å². The Bertz CT molecular complexity index is 384. The van der Waals surface area contributed by atoms with Crippen molar-refractivity contribution in [2.75, 3.05) is 0 Å². The van der Waals surface area contributed by atoms with Gasteiger partial charge in [-0.1, -0.05) is 30.3 Å². The molecule has 0 amide bonds. The summed E-state index contributed by atoms with van der Waals surface area (Å²) in [5, 5.41) is 0. The number of ether oxygens (including phenoxy) is 2. The van der Waals surface area contributed by atoms with Crippen LogP contribution in [-0.2, 0) is 19.1 Å². The summed E-state index contributed by atoms with van der Waals surface area (Å²) in [7, 11) is 0. The van der Waals surface area contributed by atoms with Gasteiger partial charge in [0.05, 0.1) is 0 Å². The molecular weight excluding hydrogens is 220 g/mol. The topological polar surface area (TPSA) is 52.6 Å². The van der Waals surface area contributed by atoms with Gasteiger partial charge in [0.1, 0.15) is 0 Å². The van der Waals surface area contributed by atoms with E-state index in [2.05, 4.69) is 11.7 Å². The molecule has 0 aromatic heterocycles. The van der Waals surface area contributed by atoms with Crippen molar-refractivity contribution in [3.05, 3.63) is 48.9 Å². The van der Waals surface area contributed by atoms with Gasteiger partial charge in [0.25, 0.3) is 6.47 Å². The first-order valence-electron chi connectivity index (χ1n) is 5.08. The first kappa shape index (κ1) is 13.0. The highest BCUT2D eigenvalue weighted by atomic mass is 16.7. The molecule has 1 unspecified atom stereocenters. The molecule has 0 aliphatic heterocycles. The monoisotopic (exact) mass is 233 g/mol. The molecule has 89 valence electrons. The number of benzene rings is 1. The molecule has 0 fully saturated rings. The first-order valence-corrected chi connectivity index (χ1v) is 5.08. The zero-order chi connectivity index (χ0) is 12.5. The van der Waals surface area contributed by atoms with E-state index in [-0.39, 0.29) is 12.9 Å². The van der Waals surface area contributed by atoms with Gasteiger partial charge < -0.3 is 9.47 Å². The Balaban J connectivity index is 2.49. The Hall–Kier alpha value is -2.10. The molecule has 0 bridgehead atoms. The van der Waals surface area contributed by atoms with Crippen molar-refractivity contribution >= 4 is 18.5 Å². The Morgan fingerprint density at radius 3 is 2.65 bits per heavy atom. The molecule has 0 aliphatic rings. The molecule has 0 spiro atoms. The Kier molecular flexibility index (Phi) is 5.51. The summed E-state index contributed by atoms with van der Waals surface area (Å²) in [4.78, 5) is 21.4. The molecule has 0 N–H and O–H groups in total. The first-order chi connectivity index (χ1) is 8.26. The maximum atomic E-state index is 11.3. The normalized spacial score (nSPS) is 12.1. The lowest BCUT2D eigenvalue weighted by Crippen LogP contribution is -2.18. The minimum absolute atomic E-state index is 0.170. The largest absolute Gasteiger partial charge is 0.427 e. The predicted octanol–water partition coefficient (Wildman–Crippen LogP) is 1.97. The lowest BCUT2D eigenvalue weighted by atomic mass is 10.2. The number of esters is 1. The van der Waals surface area contributed by atoms with Gasteiger partial charge in [0.2, 0.25) is 6.29 Å². The quantitative estimate of drug-likeness (QED) is 0.326. The van der Waals surface area contributed by atoms with E-state index in [4.69, 9.17) is 4.74 Å². The molecule has 0 aliphatic carbocycles. The van der Waals surface area contributed by atoms with Crippen LogP contribution >= 0.6 is 0 Å². The van der Waals surface area contributed by atoms with E-state index in [1.165, 1.54) is 6.08 Å². The van der Waals surface area contributed by atoms with Crippen LogP contribution in [0.2, 0.25) is 0 Å². The van der Waals surface area contributed by atoms with Gasteiger partial charge in [-0.15, -0.1) is 0 Å². The predicted molar refractivity (Wildman–Crippen MR) is 62.5 cm³/mol. The van der Waals surface area contributed by atoms with E-state index in [0.717, 1.165) is 5.56 Å². The lowest BCUT2D eigenvalue weighted by molar-refractivity contribution is -0.174. The highest BCUT2D eigenvalue weighted by molar-refractivity contribution is 5.87. The summed E-state index contributed by atoms with van der Waals surface area (Å²) in [6, 6.07) is 9.31. The van der Waals surface area contributed by atoms with Gasteiger partial charge >= 0.3 is 5.97 Å². The van der Waals surface area contributed by atoms with E-state index in [0.29, 0.717) is 0 Å². The van der Waals surface area contributed by atoms with Crippen molar-refractivity contribution in [1.82, 2.24) is 0 Å². The van der Waals surface area contributed by atoms with Crippen molar-refractivity contribution in [2.24, 2.45) is 0 Å². The third-order valence-electron chi connectivity index (χ3n) is 1.90. The fraction of sp³-hybridized carbons (Fsp3) is 0.154. The smallest absolute Gasteiger partial charge is 0.333 e. The van der Waals surface area contributed by atoms with E-state index in [9.17, 15) is 9.59 Å². The molecule has 4 nitrogen and oxygen atoms in total. The van der Waals surface area contributed by atoms with Crippen LogP contribution < -0.4 is 0 Å². The van der Waals surface area contributed by atoms with Gasteiger partial charge in [-0.05, 0) is 18.6 Å². The summed E-state index contributed by atoms with van der Waals surface area (Å²) in [5.41, 5.74) is 0.881. The van der Waals surface area contributed by atoms with Crippen molar-refractivity contribution in [3.8, 4) is 0 Å². The fourth-order valence-electron chi connectivity index (χ4n) is 1.11. The molecule has 0 saturated carbocycles. The van der Waals surface area contributed by atoms with Gasteiger partial charge in [-0.25, -0.2) is 4.79 Å². The second-order valence-electron chi connectivity index (χ2n) is 3.13. The summed E-state index contributed by atoms with van der Waals surface area (Å²) in [6.45, 7) is 3.72. The molecular formula is C13H13O4. The number of carbonyl (C=O) groups is 2. The number of carbonyl (C=O) groups excluding carboxylic acids is 2. The van der Waals surface area contributed by atoms with E-state index in [1.807, 2.05) is 30.3 Å². The molecule has 0 saturated heterocycles. The Labute approximate surface area is 99.8 Å². The maximum Gasteiger partial charge on any atom is 0.333 e. The third kappa shape index (κ3) is 4.97. The standard InChI is InChI=1S/C13H13O4/c1-2-13(16-10-14)17-12(15)9-8-11-6-4-3-5-7-11/h3-10,13H,1-2H2/b9-8+. The van der Waals surface area contributed by atoms with Crippen LogP contribution in [0.3, 0.4) is 0 Å². The third-order valence-corrected chi connectivity index (χ3v) is 1.90. The molecule has 4 heteroatoms. The van der Waals surface area contributed by atoms with Gasteiger partial charge in [0, 0.05) is 12.5 Å². The van der Waals surface area contributed by atoms with Crippen LogP contribution in [0.1, 0.15) is 12.0 Å². The number of rotatable bonds is 6. The van der Waals surface area contributed by atoms with Gasteiger partial charge in [-0.3, -0.25) is 4.79 Å². The van der Waals surface area contributed by atoms with Gasteiger partial charge in [0.15, 0.2) is 0 Å². The number of hydrogen-bond acceptors (Lipinski definition) is 4. The molecule has 1 aromatic rings. The highest BCUT2D eigenvalue weighted by Gasteiger charge is 2.10. The van der Waals surface area contributed by atoms with Crippen LogP contribution in [0.5, 0.6) is 0 Å². The molecule has 1 atom stereocenters. The van der Waals surface area contributed by atoms with Crippen molar-refractivity contribution in [2.45, 2.75) is 12.7 Å². The SMILES string of the molecule is [CH2]CC(OC=O)OC(=O)/C=C/c1ccccc1. The summed E-state index contributed by atoms with van der Waals surface area (Å²) in [6.07, 6.45) is 2.12. The van der Waals surface area contributed by atoms with Crippen molar-refractivity contribution in [3.63, 3.8) is 0 Å². The van der Waals surface area contributed by atoms with Crippen molar-refractivity contribution < 1.29 is 19.1 Å². The summed E-state index contributed by atoms with van der Waals surface area (Å²) >= 11 is 0. The maximum absolute atomic E-state index is 11.3. The highest BCUT2D eigenvalue weighted by Crippen LogP contribution is 2.03. The summed E-state index contributed by atoms with van der Waals surface area (Å²) in [5.74, 6) is -0.579. The second-order valence-corrected chi connectivity index (χ2v) is 3.13. The van der Waals surface area contributed by atoms with E-state index in [1.54, 1.807) is 6.08 Å². The molecule has 1 aromatic carbocycles. The van der Waals surface area contributed by atoms with Crippen molar-refractivity contribution in [1.29, 1.82) is 0 Å². The van der Waals surface area contributed by atoms with Gasteiger partial charge in [-0.2, -0.15) is 0 Å². The average molecular weight is 233 g/mol. The van der Waals surface area contributed by atoms with E-state index < -0.39 is 12.3 Å². The average Bonchev–Trinajstić information content (AvgIpc) is 2.37. The molecule has 0 heterocycles. The minimum atomic E-state index is -0.930. The van der Waals surface area contributed by atoms with Crippen LogP contribution in [0.15, 0.2) is 36.4 Å². The second kappa shape index (κ2) is 7.22. The Morgan fingerprint density at radius 2 is 2.06 bits per heavy atom. The van der Waals surface area contributed by atoms with Crippen LogP contribution in [0.25, 0.3) is 6.08 Å². The molecule has 17 heavy (non-hydrogen) atoms. The van der Waals surface area contributed by atoms with Crippen LogP contribution in [0.4, 0.5) is 0 Å².